The number of nitrogens with zero attached hydrogens (tertiary/aromatic N) is 2. The van der Waals surface area contributed by atoms with Gasteiger partial charge >= 0.3 is 0 Å². The molecule has 5 rings (SSSR count). The van der Waals surface area contributed by atoms with Gasteiger partial charge < -0.3 is 31.9 Å². The Hall–Kier alpha value is -4.21. The number of rotatable bonds is 11. The van der Waals surface area contributed by atoms with Crippen LogP contribution in [0.2, 0.25) is 0 Å². The average molecular weight is 596 g/mol. The van der Waals surface area contributed by atoms with Crippen molar-refractivity contribution in [2.75, 3.05) is 33.2 Å². The molecule has 3 aromatic rings. The van der Waals surface area contributed by atoms with Crippen molar-refractivity contribution < 1.29 is 9.59 Å². The second kappa shape index (κ2) is 15.5. The number of carbonyl (C=O) groups is 2. The number of aliphatic imine (C=N–C) groups is 1. The first-order valence-electron chi connectivity index (χ1n) is 15.7. The quantitative estimate of drug-likeness (QED) is 0.132. The lowest BCUT2D eigenvalue weighted by Crippen LogP contribution is -2.52. The molecule has 3 atom stereocenters. The van der Waals surface area contributed by atoms with Gasteiger partial charge in [-0.1, -0.05) is 84.9 Å². The van der Waals surface area contributed by atoms with E-state index in [0.717, 1.165) is 12.8 Å². The molecule has 1 fully saturated rings. The van der Waals surface area contributed by atoms with Crippen LogP contribution in [0.15, 0.2) is 89.9 Å². The van der Waals surface area contributed by atoms with Crippen molar-refractivity contribution in [3.05, 3.63) is 107 Å². The van der Waals surface area contributed by atoms with Crippen LogP contribution in [0.4, 0.5) is 0 Å². The van der Waals surface area contributed by atoms with Gasteiger partial charge in [0.05, 0.1) is 12.1 Å². The number of guanidine groups is 1. The van der Waals surface area contributed by atoms with Gasteiger partial charge in [-0.15, -0.1) is 0 Å². The standard InChI is InChI=1S/C35H45N7O2/c1-37-35(36)38-19-10-17-31-34(44)42(24-30(25-11-4-2-5-12-25)26-13-6-3-7-14-26)20-18-29(41-31)23-40-33(43)32-21-27-15-8-9-16-28(27)22-39-32/h2-9,11-16,29-32,39,41H,10,17-24H2,1H3,(H,40,43)(H3,36,37,38)/t29?,31-,32?/m0/s1. The number of hydrogen-bond acceptors (Lipinski definition) is 5. The van der Waals surface area contributed by atoms with Crippen LogP contribution in [0.25, 0.3) is 0 Å². The van der Waals surface area contributed by atoms with Crippen LogP contribution in [0, 0.1) is 0 Å². The van der Waals surface area contributed by atoms with E-state index >= 15 is 0 Å². The summed E-state index contributed by atoms with van der Waals surface area (Å²) in [5.74, 6) is 0.538. The molecule has 3 aromatic carbocycles. The normalized spacial score (nSPS) is 20.6. The molecule has 2 aliphatic heterocycles. The first kappa shape index (κ1) is 31.2. The lowest BCUT2D eigenvalue weighted by molar-refractivity contribution is -0.133. The molecule has 6 N–H and O–H groups in total. The van der Waals surface area contributed by atoms with E-state index in [1.54, 1.807) is 7.05 Å². The topological polar surface area (TPSA) is 124 Å². The van der Waals surface area contributed by atoms with Gasteiger partial charge in [-0.3, -0.25) is 14.6 Å². The molecule has 9 nitrogen and oxygen atoms in total. The molecule has 0 aromatic heterocycles. The fourth-order valence-electron chi connectivity index (χ4n) is 6.21. The Labute approximate surface area is 260 Å². The highest BCUT2D eigenvalue weighted by Gasteiger charge is 2.33. The van der Waals surface area contributed by atoms with Crippen molar-refractivity contribution in [3.8, 4) is 0 Å². The molecule has 0 saturated carbocycles. The maximum Gasteiger partial charge on any atom is 0.239 e. The van der Waals surface area contributed by atoms with E-state index in [1.165, 1.54) is 22.3 Å². The highest BCUT2D eigenvalue weighted by molar-refractivity contribution is 5.83. The fourth-order valence-corrected chi connectivity index (χ4v) is 6.21. The number of nitrogens with one attached hydrogen (secondary N) is 4. The summed E-state index contributed by atoms with van der Waals surface area (Å²) >= 11 is 0. The molecule has 1 saturated heterocycles. The minimum atomic E-state index is -0.368. The highest BCUT2D eigenvalue weighted by Crippen LogP contribution is 2.27. The van der Waals surface area contributed by atoms with E-state index in [9.17, 15) is 9.59 Å². The van der Waals surface area contributed by atoms with Gasteiger partial charge in [0.15, 0.2) is 5.96 Å². The molecule has 0 bridgehead atoms. The highest BCUT2D eigenvalue weighted by atomic mass is 16.2. The zero-order valence-corrected chi connectivity index (χ0v) is 25.5. The Morgan fingerprint density at radius 2 is 1.64 bits per heavy atom. The van der Waals surface area contributed by atoms with Crippen molar-refractivity contribution in [1.82, 2.24) is 26.2 Å². The van der Waals surface area contributed by atoms with Gasteiger partial charge in [0.2, 0.25) is 11.8 Å². The fraction of sp³-hybridized carbons (Fsp3) is 0.400. The molecule has 0 aliphatic carbocycles. The third-order valence-electron chi connectivity index (χ3n) is 8.74. The van der Waals surface area contributed by atoms with Gasteiger partial charge in [0.25, 0.3) is 0 Å². The monoisotopic (exact) mass is 595 g/mol. The van der Waals surface area contributed by atoms with Crippen molar-refractivity contribution in [1.29, 1.82) is 0 Å². The zero-order valence-electron chi connectivity index (χ0n) is 25.5. The van der Waals surface area contributed by atoms with Gasteiger partial charge in [-0.25, -0.2) is 0 Å². The van der Waals surface area contributed by atoms with Crippen LogP contribution in [0.3, 0.4) is 0 Å². The Morgan fingerprint density at radius 1 is 0.977 bits per heavy atom. The molecule has 2 heterocycles. The molecule has 9 heteroatoms. The van der Waals surface area contributed by atoms with Crippen LogP contribution < -0.4 is 27.0 Å². The second-order valence-corrected chi connectivity index (χ2v) is 11.7. The Kier molecular flexibility index (Phi) is 11.0. The molecule has 0 radical (unpaired) electrons. The number of amides is 2. The zero-order chi connectivity index (χ0) is 30.7. The van der Waals surface area contributed by atoms with Gasteiger partial charge in [-0.05, 0) is 47.9 Å². The predicted octanol–water partition coefficient (Wildman–Crippen LogP) is 2.52. The molecule has 2 aliphatic rings. The van der Waals surface area contributed by atoms with E-state index < -0.39 is 0 Å². The number of fused-ring (bicyclic) bond motifs is 1. The second-order valence-electron chi connectivity index (χ2n) is 11.7. The first-order chi connectivity index (χ1) is 21.5. The molecule has 2 amide bonds. The summed E-state index contributed by atoms with van der Waals surface area (Å²) in [5, 5.41) is 13.3. The van der Waals surface area contributed by atoms with E-state index in [2.05, 4.69) is 86.9 Å². The maximum atomic E-state index is 14.1. The van der Waals surface area contributed by atoms with Crippen molar-refractivity contribution in [2.24, 2.45) is 10.7 Å². The molecular formula is C35H45N7O2. The van der Waals surface area contributed by atoms with Crippen molar-refractivity contribution in [2.45, 2.75) is 56.3 Å². The van der Waals surface area contributed by atoms with E-state index in [-0.39, 0.29) is 35.9 Å². The minimum absolute atomic E-state index is 0.00275. The number of benzene rings is 3. The lowest BCUT2D eigenvalue weighted by atomic mass is 9.90. The summed E-state index contributed by atoms with van der Waals surface area (Å²) in [4.78, 5) is 33.2. The lowest BCUT2D eigenvalue weighted by Gasteiger charge is -2.29. The van der Waals surface area contributed by atoms with Crippen molar-refractivity contribution in [3.63, 3.8) is 0 Å². The summed E-state index contributed by atoms with van der Waals surface area (Å²) < 4.78 is 0. The number of carbonyl (C=O) groups excluding carboxylic acids is 2. The van der Waals surface area contributed by atoms with Crippen LogP contribution in [0.5, 0.6) is 0 Å². The SMILES string of the molecule is CN=C(N)NCCC[C@@H]1NC(CNC(=O)C2Cc3ccccc3CN2)CCN(CC(c2ccccc2)c2ccccc2)C1=O. The largest absolute Gasteiger partial charge is 0.370 e. The first-order valence-corrected chi connectivity index (χ1v) is 15.7. The van der Waals surface area contributed by atoms with Crippen LogP contribution in [0.1, 0.15) is 47.4 Å². The number of hydrogen-bond donors (Lipinski definition) is 5. The Balaban J connectivity index is 1.27. The van der Waals surface area contributed by atoms with Crippen LogP contribution in [-0.2, 0) is 22.6 Å². The summed E-state index contributed by atoms with van der Waals surface area (Å²) in [5.41, 5.74) is 10.6. The van der Waals surface area contributed by atoms with Crippen molar-refractivity contribution >= 4 is 17.8 Å². The third kappa shape index (κ3) is 8.24. The summed E-state index contributed by atoms with van der Waals surface area (Å²) in [6.07, 6.45) is 2.81. The summed E-state index contributed by atoms with van der Waals surface area (Å²) in [7, 11) is 1.65. The summed E-state index contributed by atoms with van der Waals surface area (Å²) in [6, 6.07) is 28.4. The third-order valence-corrected chi connectivity index (χ3v) is 8.74. The maximum absolute atomic E-state index is 14.1. The van der Waals surface area contributed by atoms with Gasteiger partial charge in [-0.2, -0.15) is 0 Å². The molecule has 44 heavy (non-hydrogen) atoms. The van der Waals surface area contributed by atoms with E-state index in [4.69, 9.17) is 5.73 Å². The molecule has 2 unspecified atom stereocenters. The van der Waals surface area contributed by atoms with Crippen LogP contribution >= 0.6 is 0 Å². The Bertz CT molecular complexity index is 1360. The average Bonchev–Trinajstić information content (AvgIpc) is 3.22. The Morgan fingerprint density at radius 3 is 2.32 bits per heavy atom. The molecule has 0 spiro atoms. The minimum Gasteiger partial charge on any atom is -0.370 e. The predicted molar refractivity (Wildman–Crippen MR) is 175 cm³/mol. The van der Waals surface area contributed by atoms with Gasteiger partial charge in [0, 0.05) is 51.7 Å². The molecular weight excluding hydrogens is 550 g/mol. The van der Waals surface area contributed by atoms with E-state index in [0.29, 0.717) is 51.5 Å². The smallest absolute Gasteiger partial charge is 0.239 e. The van der Waals surface area contributed by atoms with Gasteiger partial charge in [0.1, 0.15) is 0 Å². The molecule has 232 valence electrons. The van der Waals surface area contributed by atoms with Crippen LogP contribution in [-0.4, -0.2) is 74.0 Å². The number of nitrogens with two attached hydrogens (primary N) is 1. The summed E-state index contributed by atoms with van der Waals surface area (Å²) in [6.45, 7) is 2.98. The van der Waals surface area contributed by atoms with E-state index in [1.807, 2.05) is 29.2 Å².